The van der Waals surface area contributed by atoms with E-state index in [0.717, 1.165) is 28.3 Å². The van der Waals surface area contributed by atoms with Crippen LogP contribution in [0.2, 0.25) is 0 Å². The summed E-state index contributed by atoms with van der Waals surface area (Å²) < 4.78 is 32.1. The van der Waals surface area contributed by atoms with Gasteiger partial charge in [0.2, 0.25) is 0 Å². The molecular formula is C23H20F2N2O. The third-order valence-electron chi connectivity index (χ3n) is 5.02. The number of nitrogens with zero attached hydrogens (tertiary/aromatic N) is 2. The van der Waals surface area contributed by atoms with Gasteiger partial charge in [0.05, 0.1) is 18.9 Å². The zero-order valence-corrected chi connectivity index (χ0v) is 15.6. The van der Waals surface area contributed by atoms with Crippen LogP contribution >= 0.6 is 0 Å². The molecule has 4 rings (SSSR count). The Hall–Kier alpha value is -3.21. The van der Waals surface area contributed by atoms with E-state index in [1.165, 1.54) is 24.3 Å². The summed E-state index contributed by atoms with van der Waals surface area (Å²) in [4.78, 5) is 7.11. The number of aliphatic imine (C=N–C) groups is 1. The molecule has 2 atom stereocenters. The molecule has 0 aromatic heterocycles. The maximum absolute atomic E-state index is 13.4. The Morgan fingerprint density at radius 3 is 1.96 bits per heavy atom. The summed E-state index contributed by atoms with van der Waals surface area (Å²) in [5, 5.41) is 0. The van der Waals surface area contributed by atoms with Crippen LogP contribution in [0.25, 0.3) is 0 Å². The fourth-order valence-electron chi connectivity index (χ4n) is 3.57. The third-order valence-corrected chi connectivity index (χ3v) is 5.02. The van der Waals surface area contributed by atoms with E-state index in [0.29, 0.717) is 0 Å². The molecule has 0 spiro atoms. The predicted molar refractivity (Wildman–Crippen MR) is 107 cm³/mol. The van der Waals surface area contributed by atoms with Crippen molar-refractivity contribution >= 4 is 11.4 Å². The first-order chi connectivity index (χ1) is 13.6. The first-order valence-electron chi connectivity index (χ1n) is 9.08. The lowest BCUT2D eigenvalue weighted by Gasteiger charge is -2.30. The van der Waals surface area contributed by atoms with Gasteiger partial charge in [-0.3, -0.25) is 4.99 Å². The van der Waals surface area contributed by atoms with Crippen molar-refractivity contribution in [2.45, 2.75) is 19.1 Å². The summed E-state index contributed by atoms with van der Waals surface area (Å²) in [6, 6.07) is 20.5. The van der Waals surface area contributed by atoms with Crippen LogP contribution in [0.15, 0.2) is 77.8 Å². The molecular weight excluding hydrogens is 358 g/mol. The monoisotopic (exact) mass is 378 g/mol. The Bertz CT molecular complexity index is 983. The maximum atomic E-state index is 13.4. The number of hydrogen-bond donors (Lipinski definition) is 0. The second-order valence-corrected chi connectivity index (χ2v) is 6.73. The van der Waals surface area contributed by atoms with Crippen LogP contribution in [0.5, 0.6) is 5.75 Å². The van der Waals surface area contributed by atoms with Crippen LogP contribution in [0.4, 0.5) is 14.5 Å². The summed E-state index contributed by atoms with van der Waals surface area (Å²) in [7, 11) is 1.63. The number of rotatable bonds is 4. The molecule has 1 aliphatic heterocycles. The van der Waals surface area contributed by atoms with Crippen molar-refractivity contribution in [3.63, 3.8) is 0 Å². The van der Waals surface area contributed by atoms with Crippen molar-refractivity contribution < 1.29 is 13.5 Å². The zero-order chi connectivity index (χ0) is 19.7. The lowest BCUT2D eigenvalue weighted by Crippen LogP contribution is -2.35. The molecule has 0 aliphatic carbocycles. The molecule has 28 heavy (non-hydrogen) atoms. The first-order valence-corrected chi connectivity index (χ1v) is 9.08. The summed E-state index contributed by atoms with van der Waals surface area (Å²) >= 11 is 0. The van der Waals surface area contributed by atoms with Crippen LogP contribution in [0.3, 0.4) is 0 Å². The molecule has 3 aromatic rings. The highest BCUT2D eigenvalue weighted by Crippen LogP contribution is 2.37. The highest BCUT2D eigenvalue weighted by Gasteiger charge is 2.35. The largest absolute Gasteiger partial charge is 0.497 e. The van der Waals surface area contributed by atoms with Gasteiger partial charge in [0, 0.05) is 5.69 Å². The third kappa shape index (κ3) is 3.36. The average Bonchev–Trinajstić information content (AvgIpc) is 3.06. The molecule has 3 nitrogen and oxygen atoms in total. The predicted octanol–water partition coefficient (Wildman–Crippen LogP) is 5.37. The van der Waals surface area contributed by atoms with E-state index < -0.39 is 0 Å². The molecule has 3 aromatic carbocycles. The Balaban J connectivity index is 1.78. The minimum Gasteiger partial charge on any atom is -0.497 e. The molecule has 0 amide bonds. The van der Waals surface area contributed by atoms with Crippen LogP contribution in [-0.4, -0.2) is 18.9 Å². The Morgan fingerprint density at radius 2 is 1.39 bits per heavy atom. The number of ether oxygens (including phenoxy) is 1. The first kappa shape index (κ1) is 18.2. The van der Waals surface area contributed by atoms with Gasteiger partial charge >= 0.3 is 0 Å². The smallest absolute Gasteiger partial charge is 0.148 e. The minimum atomic E-state index is -0.302. The van der Waals surface area contributed by atoms with Gasteiger partial charge in [0.25, 0.3) is 0 Å². The maximum Gasteiger partial charge on any atom is 0.148 e. The van der Waals surface area contributed by atoms with Gasteiger partial charge in [-0.05, 0) is 66.6 Å². The second kappa shape index (κ2) is 7.43. The van der Waals surface area contributed by atoms with Gasteiger partial charge in [-0.2, -0.15) is 0 Å². The zero-order valence-electron chi connectivity index (χ0n) is 15.6. The van der Waals surface area contributed by atoms with Crippen LogP contribution in [0, 0.1) is 11.6 Å². The van der Waals surface area contributed by atoms with Crippen molar-refractivity contribution in [2.75, 3.05) is 12.0 Å². The van der Waals surface area contributed by atoms with Crippen molar-refractivity contribution in [3.8, 4) is 5.75 Å². The Labute approximate surface area is 162 Å². The Morgan fingerprint density at radius 1 is 0.821 bits per heavy atom. The van der Waals surface area contributed by atoms with Gasteiger partial charge < -0.3 is 9.64 Å². The standard InChI is InChI=1S/C23H20F2N2O/c1-15-22(16-3-7-18(24)8-4-16)26-23(17-5-9-19(25)10-6-17)27(15)20-11-13-21(28-2)14-12-20/h3-15,23H,1-2H3. The molecule has 0 fully saturated rings. The van der Waals surface area contributed by atoms with Crippen LogP contribution < -0.4 is 9.64 Å². The molecule has 2 unspecified atom stereocenters. The van der Waals surface area contributed by atoms with Crippen molar-refractivity contribution in [2.24, 2.45) is 4.99 Å². The van der Waals surface area contributed by atoms with Crippen LogP contribution in [-0.2, 0) is 0 Å². The molecule has 0 saturated carbocycles. The van der Waals surface area contributed by atoms with E-state index in [1.807, 2.05) is 24.3 Å². The molecule has 5 heteroatoms. The molecule has 0 saturated heterocycles. The average molecular weight is 378 g/mol. The topological polar surface area (TPSA) is 24.8 Å². The fourth-order valence-corrected chi connectivity index (χ4v) is 3.57. The summed E-state index contributed by atoms with van der Waals surface area (Å²) in [5.74, 6) is 0.208. The van der Waals surface area contributed by atoms with Crippen molar-refractivity contribution in [3.05, 3.63) is 95.6 Å². The van der Waals surface area contributed by atoms with Crippen LogP contribution in [0.1, 0.15) is 24.2 Å². The molecule has 1 heterocycles. The quantitative estimate of drug-likeness (QED) is 0.610. The van der Waals surface area contributed by atoms with E-state index >= 15 is 0 Å². The second-order valence-electron chi connectivity index (χ2n) is 6.73. The molecule has 0 bridgehead atoms. The SMILES string of the molecule is COc1ccc(N2C(C)C(c3ccc(F)cc3)=NC2c2ccc(F)cc2)cc1. The van der Waals surface area contributed by atoms with Gasteiger partial charge in [-0.25, -0.2) is 8.78 Å². The van der Waals surface area contributed by atoms with Gasteiger partial charge in [-0.1, -0.05) is 24.3 Å². The number of anilines is 1. The fraction of sp³-hybridized carbons (Fsp3) is 0.174. The molecule has 0 N–H and O–H groups in total. The van der Waals surface area contributed by atoms with Gasteiger partial charge in [-0.15, -0.1) is 0 Å². The highest BCUT2D eigenvalue weighted by molar-refractivity contribution is 6.07. The van der Waals surface area contributed by atoms with Crippen molar-refractivity contribution in [1.29, 1.82) is 0 Å². The number of halogens is 2. The van der Waals surface area contributed by atoms with E-state index in [4.69, 9.17) is 9.73 Å². The molecule has 142 valence electrons. The van der Waals surface area contributed by atoms with E-state index in [9.17, 15) is 8.78 Å². The number of methoxy groups -OCH3 is 1. The van der Waals surface area contributed by atoms with E-state index in [2.05, 4.69) is 11.8 Å². The lowest BCUT2D eigenvalue weighted by atomic mass is 10.0. The lowest BCUT2D eigenvalue weighted by molar-refractivity contribution is 0.414. The number of hydrogen-bond acceptors (Lipinski definition) is 3. The Kier molecular flexibility index (Phi) is 4.82. The number of benzene rings is 3. The van der Waals surface area contributed by atoms with Crippen molar-refractivity contribution in [1.82, 2.24) is 0 Å². The molecule has 1 aliphatic rings. The normalized spacial score (nSPS) is 18.9. The summed E-state index contributed by atoms with van der Waals surface area (Å²) in [5.41, 5.74) is 3.60. The van der Waals surface area contributed by atoms with Gasteiger partial charge in [0.1, 0.15) is 23.5 Å². The molecule has 0 radical (unpaired) electrons. The van der Waals surface area contributed by atoms with Gasteiger partial charge in [0.15, 0.2) is 0 Å². The summed E-state index contributed by atoms with van der Waals surface area (Å²) in [6.07, 6.45) is -0.302. The highest BCUT2D eigenvalue weighted by atomic mass is 19.1. The summed E-state index contributed by atoms with van der Waals surface area (Å²) in [6.45, 7) is 2.07. The van der Waals surface area contributed by atoms with E-state index in [1.54, 1.807) is 31.4 Å². The van der Waals surface area contributed by atoms with E-state index in [-0.39, 0.29) is 23.8 Å². The minimum absolute atomic E-state index is 0.0473.